The number of benzene rings is 1. The van der Waals surface area contributed by atoms with E-state index in [0.29, 0.717) is 5.02 Å². The Morgan fingerprint density at radius 2 is 1.88 bits per heavy atom. The number of nitrogens with one attached hydrogen (secondary N) is 1. The molecule has 4 rings (SSSR count). The minimum absolute atomic E-state index is 0.108. The third-order valence-corrected chi connectivity index (χ3v) is 5.85. The summed E-state index contributed by atoms with van der Waals surface area (Å²) in [4.78, 5) is 14.5. The fourth-order valence-electron chi connectivity index (χ4n) is 4.09. The molecule has 1 aromatic carbocycles. The number of ether oxygens (including phenoxy) is 1. The molecule has 170 valence electrons. The van der Waals surface area contributed by atoms with Gasteiger partial charge >= 0.3 is 6.09 Å². The Morgan fingerprint density at radius 3 is 2.56 bits per heavy atom. The fraction of sp³-hybridized carbons (Fsp3) is 0.440. The molecule has 0 atom stereocenters. The number of carbonyl (C=O) groups is 1. The van der Waals surface area contributed by atoms with Crippen molar-refractivity contribution >= 4 is 35.7 Å². The Morgan fingerprint density at radius 1 is 1.16 bits per heavy atom. The third kappa shape index (κ3) is 5.36. The van der Waals surface area contributed by atoms with E-state index in [0.717, 1.165) is 60.8 Å². The van der Waals surface area contributed by atoms with Gasteiger partial charge in [-0.3, -0.25) is 0 Å². The van der Waals surface area contributed by atoms with Crippen LogP contribution in [0.25, 0.3) is 17.8 Å². The van der Waals surface area contributed by atoms with Crippen molar-refractivity contribution in [1.29, 1.82) is 0 Å². The zero-order valence-corrected chi connectivity index (χ0v) is 19.7. The standard InChI is InChI=1S/C25H31ClN4O2/c1-25(2,3)32-24(31)27-19-14-16-29(17-15-19)23-21-8-6-4-5-7-9-22(21)30(28-23)20-12-10-18(26)11-13-20/h4,6,8-13,19H,5,7,14-17H2,1-3H3,(H,27,31). The van der Waals surface area contributed by atoms with Gasteiger partial charge in [0.2, 0.25) is 0 Å². The second kappa shape index (κ2) is 9.41. The summed E-state index contributed by atoms with van der Waals surface area (Å²) in [7, 11) is 0. The van der Waals surface area contributed by atoms with Crippen molar-refractivity contribution in [3.63, 3.8) is 0 Å². The number of aromatic nitrogens is 2. The monoisotopic (exact) mass is 454 g/mol. The van der Waals surface area contributed by atoms with Crippen molar-refractivity contribution in [3.05, 3.63) is 52.0 Å². The number of carbonyl (C=O) groups excluding carboxylic acids is 1. The van der Waals surface area contributed by atoms with Gasteiger partial charge in [-0.2, -0.15) is 0 Å². The zero-order chi connectivity index (χ0) is 22.7. The van der Waals surface area contributed by atoms with Gasteiger partial charge in [0, 0.05) is 29.4 Å². The van der Waals surface area contributed by atoms with Crippen molar-refractivity contribution in [1.82, 2.24) is 15.1 Å². The molecule has 2 heterocycles. The summed E-state index contributed by atoms with van der Waals surface area (Å²) < 4.78 is 7.42. The average molecular weight is 455 g/mol. The van der Waals surface area contributed by atoms with Crippen molar-refractivity contribution in [2.24, 2.45) is 0 Å². The molecule has 0 unspecified atom stereocenters. The first kappa shape index (κ1) is 22.5. The highest BCUT2D eigenvalue weighted by atomic mass is 35.5. The van der Waals surface area contributed by atoms with Gasteiger partial charge < -0.3 is 15.0 Å². The summed E-state index contributed by atoms with van der Waals surface area (Å²) in [5.41, 5.74) is 0.502. The smallest absolute Gasteiger partial charge is 0.407 e. The SMILES string of the molecule is CC(C)(C)OC(=O)NC1CCN(c2nn(-c3ccc(Cl)cc3)c3c2=CC=CCCC=3)CC1. The predicted molar refractivity (Wildman–Crippen MR) is 130 cm³/mol. The number of allylic oxidation sites excluding steroid dienone is 2. The topological polar surface area (TPSA) is 59.4 Å². The number of rotatable bonds is 3. The summed E-state index contributed by atoms with van der Waals surface area (Å²) in [6.45, 7) is 7.27. The molecule has 1 aliphatic carbocycles. The number of hydrogen-bond donors (Lipinski definition) is 1. The summed E-state index contributed by atoms with van der Waals surface area (Å²) in [5, 5.41) is 11.0. The Hall–Kier alpha value is -2.73. The van der Waals surface area contributed by atoms with E-state index in [2.05, 4.69) is 34.5 Å². The fourth-order valence-corrected chi connectivity index (χ4v) is 4.21. The molecule has 1 fully saturated rings. The maximum absolute atomic E-state index is 12.1. The van der Waals surface area contributed by atoms with Crippen molar-refractivity contribution in [3.8, 4) is 5.69 Å². The molecule has 0 bridgehead atoms. The molecule has 7 heteroatoms. The lowest BCUT2D eigenvalue weighted by molar-refractivity contribution is 0.0497. The number of nitrogens with zero attached hydrogens (tertiary/aromatic N) is 3. The molecule has 1 aliphatic heterocycles. The van der Waals surface area contributed by atoms with Crippen LogP contribution >= 0.6 is 11.6 Å². The predicted octanol–water partition coefficient (Wildman–Crippen LogP) is 3.93. The van der Waals surface area contributed by atoms with Crippen LogP contribution in [0.3, 0.4) is 0 Å². The largest absolute Gasteiger partial charge is 0.444 e. The number of alkyl carbamates (subject to hydrolysis) is 1. The van der Waals surface area contributed by atoms with E-state index in [1.165, 1.54) is 0 Å². The number of hydrogen-bond acceptors (Lipinski definition) is 4. The van der Waals surface area contributed by atoms with E-state index in [4.69, 9.17) is 21.4 Å². The second-order valence-corrected chi connectivity index (χ2v) is 9.73. The minimum atomic E-state index is -0.491. The van der Waals surface area contributed by atoms with Gasteiger partial charge in [-0.05, 0) is 76.8 Å². The van der Waals surface area contributed by atoms with E-state index in [1.54, 1.807) is 0 Å². The quantitative estimate of drug-likeness (QED) is 0.763. The van der Waals surface area contributed by atoms with E-state index in [-0.39, 0.29) is 12.1 Å². The van der Waals surface area contributed by atoms with Crippen LogP contribution in [0.5, 0.6) is 0 Å². The van der Waals surface area contributed by atoms with Crippen LogP contribution in [0, 0.1) is 0 Å². The first-order valence-electron chi connectivity index (χ1n) is 11.3. The molecular weight excluding hydrogens is 424 g/mol. The molecule has 2 aliphatic rings. The zero-order valence-electron chi connectivity index (χ0n) is 19.0. The first-order chi connectivity index (χ1) is 15.3. The van der Waals surface area contributed by atoms with Gasteiger partial charge in [0.25, 0.3) is 0 Å². The van der Waals surface area contributed by atoms with E-state index < -0.39 is 5.60 Å². The van der Waals surface area contributed by atoms with Gasteiger partial charge in [-0.1, -0.05) is 29.8 Å². The molecule has 6 nitrogen and oxygen atoms in total. The number of piperidine rings is 1. The normalized spacial score (nSPS) is 16.9. The highest BCUT2D eigenvalue weighted by Gasteiger charge is 2.25. The summed E-state index contributed by atoms with van der Waals surface area (Å²) >= 11 is 6.10. The van der Waals surface area contributed by atoms with Crippen LogP contribution in [0.15, 0.2) is 36.4 Å². The molecule has 0 saturated carbocycles. The van der Waals surface area contributed by atoms with Crippen molar-refractivity contribution in [2.45, 2.75) is 58.1 Å². The molecule has 0 spiro atoms. The second-order valence-electron chi connectivity index (χ2n) is 9.29. The van der Waals surface area contributed by atoms with Gasteiger partial charge in [0.05, 0.1) is 11.0 Å². The maximum atomic E-state index is 12.1. The van der Waals surface area contributed by atoms with E-state index in [9.17, 15) is 4.79 Å². The summed E-state index contributed by atoms with van der Waals surface area (Å²) in [6, 6.07) is 7.89. The van der Waals surface area contributed by atoms with E-state index >= 15 is 0 Å². The molecule has 0 radical (unpaired) electrons. The maximum Gasteiger partial charge on any atom is 0.407 e. The molecule has 1 N–H and O–H groups in total. The number of halogens is 1. The van der Waals surface area contributed by atoms with Crippen molar-refractivity contribution < 1.29 is 9.53 Å². The average Bonchev–Trinajstić information content (AvgIpc) is 3.04. The summed E-state index contributed by atoms with van der Waals surface area (Å²) in [6.07, 6.45) is 12.1. The molecule has 32 heavy (non-hydrogen) atoms. The van der Waals surface area contributed by atoms with Crippen LogP contribution in [0.2, 0.25) is 5.02 Å². The lowest BCUT2D eigenvalue weighted by Crippen LogP contribution is -2.47. The van der Waals surface area contributed by atoms with Crippen LogP contribution in [-0.2, 0) is 4.74 Å². The van der Waals surface area contributed by atoms with Crippen molar-refractivity contribution in [2.75, 3.05) is 18.0 Å². The molecule has 2 aromatic rings. The van der Waals surface area contributed by atoms with Gasteiger partial charge in [0.1, 0.15) is 5.60 Å². The minimum Gasteiger partial charge on any atom is -0.444 e. The van der Waals surface area contributed by atoms with E-state index in [1.807, 2.05) is 49.7 Å². The van der Waals surface area contributed by atoms with Gasteiger partial charge in [0.15, 0.2) is 5.82 Å². The third-order valence-electron chi connectivity index (χ3n) is 5.60. The van der Waals surface area contributed by atoms with Crippen LogP contribution in [-0.4, -0.2) is 40.6 Å². The van der Waals surface area contributed by atoms with Crippen LogP contribution in [0.4, 0.5) is 10.6 Å². The summed E-state index contributed by atoms with van der Waals surface area (Å²) in [5.74, 6) is 0.980. The van der Waals surface area contributed by atoms with Crippen LogP contribution < -0.4 is 20.8 Å². The van der Waals surface area contributed by atoms with Gasteiger partial charge in [-0.25, -0.2) is 9.48 Å². The molecular formula is C25H31ClN4O2. The lowest BCUT2D eigenvalue weighted by Gasteiger charge is -2.33. The lowest BCUT2D eigenvalue weighted by atomic mass is 10.1. The number of amides is 1. The highest BCUT2D eigenvalue weighted by Crippen LogP contribution is 2.18. The Balaban J connectivity index is 1.57. The Bertz CT molecular complexity index is 1100. The highest BCUT2D eigenvalue weighted by molar-refractivity contribution is 6.30. The Labute approximate surface area is 194 Å². The number of anilines is 1. The Kier molecular flexibility index (Phi) is 6.60. The number of fused-ring (bicyclic) bond motifs is 1. The molecule has 1 amide bonds. The molecule has 1 aromatic heterocycles. The van der Waals surface area contributed by atoms with Gasteiger partial charge in [-0.15, -0.1) is 5.10 Å². The van der Waals surface area contributed by atoms with Crippen LogP contribution in [0.1, 0.15) is 46.5 Å². The first-order valence-corrected chi connectivity index (χ1v) is 11.6. The molecule has 1 saturated heterocycles.